The van der Waals surface area contributed by atoms with Crippen LogP contribution in [0.25, 0.3) is 6.08 Å². The second kappa shape index (κ2) is 5.16. The van der Waals surface area contributed by atoms with Gasteiger partial charge < -0.3 is 0 Å². The Morgan fingerprint density at radius 3 is 2.44 bits per heavy atom. The maximum Gasteiger partial charge on any atom is 0.0134 e. The molecule has 0 aromatic heterocycles. The highest BCUT2D eigenvalue weighted by Crippen LogP contribution is 2.37. The minimum absolute atomic E-state index is 0.0690. The Kier molecular flexibility index (Phi) is 4.12. The van der Waals surface area contributed by atoms with Crippen LogP contribution >= 0.6 is 0 Å². The fourth-order valence-electron chi connectivity index (χ4n) is 2.20. The van der Waals surface area contributed by atoms with Crippen molar-refractivity contribution in [1.82, 2.24) is 0 Å². The van der Waals surface area contributed by atoms with E-state index in [9.17, 15) is 0 Å². The first-order valence-electron chi connectivity index (χ1n) is 6.00. The summed E-state index contributed by atoms with van der Waals surface area (Å²) in [4.78, 5) is 0. The van der Waals surface area contributed by atoms with Crippen molar-refractivity contribution in [1.29, 1.82) is 0 Å². The zero-order chi connectivity index (χ0) is 12.2. The second-order valence-corrected chi connectivity index (χ2v) is 4.43. The molecule has 1 unspecified atom stereocenters. The quantitative estimate of drug-likeness (QED) is 0.607. The Morgan fingerprint density at radius 2 is 1.94 bits per heavy atom. The summed E-state index contributed by atoms with van der Waals surface area (Å²) in [7, 11) is 0. The highest BCUT2D eigenvalue weighted by Gasteiger charge is 2.28. The van der Waals surface area contributed by atoms with E-state index in [-0.39, 0.29) is 5.41 Å². The minimum atomic E-state index is 0.0690. The molecule has 0 heterocycles. The van der Waals surface area contributed by atoms with E-state index in [2.05, 4.69) is 58.2 Å². The highest BCUT2D eigenvalue weighted by molar-refractivity contribution is 5.56. The van der Waals surface area contributed by atoms with Crippen LogP contribution in [0.2, 0.25) is 0 Å². The Hall–Kier alpha value is -1.30. The van der Waals surface area contributed by atoms with E-state index in [1.807, 2.05) is 6.08 Å². The summed E-state index contributed by atoms with van der Waals surface area (Å²) >= 11 is 0. The van der Waals surface area contributed by atoms with E-state index in [1.165, 1.54) is 16.7 Å². The van der Waals surface area contributed by atoms with Gasteiger partial charge in [-0.1, -0.05) is 69.8 Å². The van der Waals surface area contributed by atoms with Crippen molar-refractivity contribution in [2.45, 2.75) is 39.0 Å². The standard InChI is InChI=1S/C16H22/c1-6-13(4)16(5,8-3)15-12-10-9-11-14(15)7-2/h7,9-12H,2,4,6,8H2,1,3,5H3. The molecule has 1 rings (SSSR count). The summed E-state index contributed by atoms with van der Waals surface area (Å²) in [6.07, 6.45) is 4.03. The number of benzene rings is 1. The average Bonchev–Trinajstić information content (AvgIpc) is 2.36. The van der Waals surface area contributed by atoms with Gasteiger partial charge in [-0.05, 0) is 24.0 Å². The predicted molar refractivity (Wildman–Crippen MR) is 73.6 cm³/mol. The molecule has 1 aromatic carbocycles. The molecule has 0 aliphatic carbocycles. The van der Waals surface area contributed by atoms with Crippen LogP contribution in [0.3, 0.4) is 0 Å². The van der Waals surface area contributed by atoms with E-state index in [4.69, 9.17) is 0 Å². The topological polar surface area (TPSA) is 0 Å². The van der Waals surface area contributed by atoms with Crippen LogP contribution in [-0.2, 0) is 5.41 Å². The predicted octanol–water partition coefficient (Wildman–Crippen LogP) is 4.96. The molecule has 0 saturated carbocycles. The monoisotopic (exact) mass is 214 g/mol. The summed E-state index contributed by atoms with van der Waals surface area (Å²) in [5.74, 6) is 0. The van der Waals surface area contributed by atoms with Gasteiger partial charge in [-0.25, -0.2) is 0 Å². The van der Waals surface area contributed by atoms with Crippen LogP contribution in [0.1, 0.15) is 44.7 Å². The van der Waals surface area contributed by atoms with E-state index < -0.39 is 0 Å². The lowest BCUT2D eigenvalue weighted by molar-refractivity contribution is 0.522. The van der Waals surface area contributed by atoms with E-state index in [0.29, 0.717) is 0 Å². The number of hydrogen-bond acceptors (Lipinski definition) is 0. The third-order valence-corrected chi connectivity index (χ3v) is 3.69. The molecule has 0 heteroatoms. The van der Waals surface area contributed by atoms with Gasteiger partial charge >= 0.3 is 0 Å². The van der Waals surface area contributed by atoms with E-state index in [0.717, 1.165) is 12.8 Å². The lowest BCUT2D eigenvalue weighted by Crippen LogP contribution is -2.24. The molecule has 16 heavy (non-hydrogen) atoms. The van der Waals surface area contributed by atoms with Crippen LogP contribution in [0, 0.1) is 0 Å². The summed E-state index contributed by atoms with van der Waals surface area (Å²) in [6.45, 7) is 14.8. The van der Waals surface area contributed by atoms with Crippen molar-refractivity contribution < 1.29 is 0 Å². The average molecular weight is 214 g/mol. The number of rotatable bonds is 5. The number of allylic oxidation sites excluding steroid dienone is 1. The summed E-state index contributed by atoms with van der Waals surface area (Å²) < 4.78 is 0. The SMILES string of the molecule is C=Cc1ccccc1C(C)(CC)C(=C)CC. The van der Waals surface area contributed by atoms with Gasteiger partial charge in [0.05, 0.1) is 0 Å². The van der Waals surface area contributed by atoms with Crippen LogP contribution in [0.15, 0.2) is 43.0 Å². The van der Waals surface area contributed by atoms with Gasteiger partial charge in [-0.3, -0.25) is 0 Å². The first-order valence-corrected chi connectivity index (χ1v) is 6.00. The molecule has 0 fully saturated rings. The molecule has 0 spiro atoms. The largest absolute Gasteiger partial charge is 0.0990 e. The third-order valence-electron chi connectivity index (χ3n) is 3.69. The Balaban J connectivity index is 3.32. The van der Waals surface area contributed by atoms with Crippen molar-refractivity contribution in [3.05, 3.63) is 54.1 Å². The van der Waals surface area contributed by atoms with Crippen molar-refractivity contribution in [3.63, 3.8) is 0 Å². The molecule has 0 aliphatic rings. The molecular weight excluding hydrogens is 192 g/mol. The van der Waals surface area contributed by atoms with Gasteiger partial charge in [-0.15, -0.1) is 0 Å². The van der Waals surface area contributed by atoms with Crippen molar-refractivity contribution in [2.75, 3.05) is 0 Å². The van der Waals surface area contributed by atoms with Crippen LogP contribution in [0.5, 0.6) is 0 Å². The maximum atomic E-state index is 4.23. The summed E-state index contributed by atoms with van der Waals surface area (Å²) in [5.41, 5.74) is 3.93. The van der Waals surface area contributed by atoms with Crippen molar-refractivity contribution >= 4 is 6.08 Å². The molecule has 0 saturated heterocycles. The molecule has 0 aliphatic heterocycles. The van der Waals surface area contributed by atoms with Gasteiger partial charge in [0, 0.05) is 5.41 Å². The lowest BCUT2D eigenvalue weighted by atomic mass is 9.72. The Labute approximate surface area is 99.7 Å². The van der Waals surface area contributed by atoms with Crippen LogP contribution in [0.4, 0.5) is 0 Å². The van der Waals surface area contributed by atoms with E-state index >= 15 is 0 Å². The van der Waals surface area contributed by atoms with Gasteiger partial charge in [0.1, 0.15) is 0 Å². The molecule has 0 radical (unpaired) electrons. The van der Waals surface area contributed by atoms with Gasteiger partial charge in [0.25, 0.3) is 0 Å². The molecule has 0 nitrogen and oxygen atoms in total. The summed E-state index contributed by atoms with van der Waals surface area (Å²) in [5, 5.41) is 0. The first kappa shape index (κ1) is 12.8. The Morgan fingerprint density at radius 1 is 1.31 bits per heavy atom. The van der Waals surface area contributed by atoms with Crippen LogP contribution in [-0.4, -0.2) is 0 Å². The molecule has 1 aromatic rings. The Bertz CT molecular complexity index is 387. The zero-order valence-corrected chi connectivity index (χ0v) is 10.7. The van der Waals surface area contributed by atoms with Crippen molar-refractivity contribution in [3.8, 4) is 0 Å². The third kappa shape index (κ3) is 2.11. The fourth-order valence-corrected chi connectivity index (χ4v) is 2.20. The van der Waals surface area contributed by atoms with Crippen molar-refractivity contribution in [2.24, 2.45) is 0 Å². The van der Waals surface area contributed by atoms with Gasteiger partial charge in [-0.2, -0.15) is 0 Å². The molecule has 0 N–H and O–H groups in total. The molecule has 0 amide bonds. The zero-order valence-electron chi connectivity index (χ0n) is 10.7. The molecular formula is C16H22. The molecule has 86 valence electrons. The highest BCUT2D eigenvalue weighted by atomic mass is 14.3. The first-order chi connectivity index (χ1) is 7.60. The van der Waals surface area contributed by atoms with E-state index in [1.54, 1.807) is 0 Å². The number of hydrogen-bond donors (Lipinski definition) is 0. The maximum absolute atomic E-state index is 4.23. The van der Waals surface area contributed by atoms with Gasteiger partial charge in [0.2, 0.25) is 0 Å². The van der Waals surface area contributed by atoms with Gasteiger partial charge in [0.15, 0.2) is 0 Å². The summed E-state index contributed by atoms with van der Waals surface area (Å²) in [6, 6.07) is 8.48. The minimum Gasteiger partial charge on any atom is -0.0990 e. The van der Waals surface area contributed by atoms with Crippen LogP contribution < -0.4 is 0 Å². The lowest BCUT2D eigenvalue weighted by Gasteiger charge is -2.32. The molecule has 0 bridgehead atoms. The fraction of sp³-hybridized carbons (Fsp3) is 0.375. The molecule has 1 atom stereocenters. The second-order valence-electron chi connectivity index (χ2n) is 4.43. The smallest absolute Gasteiger partial charge is 0.0134 e. The normalized spacial score (nSPS) is 14.2.